The Morgan fingerprint density at radius 3 is 2.55 bits per heavy atom. The molecule has 0 aromatic heterocycles. The predicted octanol–water partition coefficient (Wildman–Crippen LogP) is 4.36. The first-order valence-corrected chi connectivity index (χ1v) is 10.3. The minimum Gasteiger partial charge on any atom is -0.494 e. The number of benzene rings is 2. The second-order valence-electron chi connectivity index (χ2n) is 6.99. The van der Waals surface area contributed by atoms with E-state index in [1.165, 1.54) is 0 Å². The average molecular weight is 417 g/mol. The van der Waals surface area contributed by atoms with Crippen LogP contribution in [0.5, 0.6) is 5.75 Å². The SMILES string of the molecule is CCNC(=O)[C@H](C)N(Cc1cccc(C)c1)C(=O)CCCOc1ccc(Cl)cc1. The molecule has 1 atom stereocenters. The number of hydrogen-bond acceptors (Lipinski definition) is 3. The van der Waals surface area contributed by atoms with Crippen LogP contribution in [-0.4, -0.2) is 35.9 Å². The Kier molecular flexibility index (Phi) is 9.00. The van der Waals surface area contributed by atoms with E-state index < -0.39 is 6.04 Å². The van der Waals surface area contributed by atoms with Crippen molar-refractivity contribution in [3.05, 3.63) is 64.7 Å². The van der Waals surface area contributed by atoms with Gasteiger partial charge < -0.3 is 15.0 Å². The molecular weight excluding hydrogens is 388 g/mol. The molecule has 5 nitrogen and oxygen atoms in total. The van der Waals surface area contributed by atoms with Gasteiger partial charge in [-0.2, -0.15) is 0 Å². The Bertz CT molecular complexity index is 808. The van der Waals surface area contributed by atoms with E-state index in [1.54, 1.807) is 36.1 Å². The molecule has 0 aliphatic heterocycles. The number of nitrogens with zero attached hydrogens (tertiary/aromatic N) is 1. The Labute approximate surface area is 178 Å². The van der Waals surface area contributed by atoms with Gasteiger partial charge in [-0.25, -0.2) is 0 Å². The second kappa shape index (κ2) is 11.5. The number of aryl methyl sites for hydroxylation is 1. The highest BCUT2D eigenvalue weighted by atomic mass is 35.5. The normalized spacial score (nSPS) is 11.6. The van der Waals surface area contributed by atoms with Gasteiger partial charge in [-0.1, -0.05) is 41.4 Å². The van der Waals surface area contributed by atoms with Gasteiger partial charge in [-0.3, -0.25) is 9.59 Å². The van der Waals surface area contributed by atoms with Gasteiger partial charge in [0, 0.05) is 24.5 Å². The number of likely N-dealkylation sites (N-methyl/N-ethyl adjacent to an activating group) is 1. The summed E-state index contributed by atoms with van der Waals surface area (Å²) < 4.78 is 5.66. The Hall–Kier alpha value is -2.53. The highest BCUT2D eigenvalue weighted by Gasteiger charge is 2.25. The van der Waals surface area contributed by atoms with Crippen molar-refractivity contribution < 1.29 is 14.3 Å². The molecule has 2 aromatic rings. The third kappa shape index (κ3) is 7.42. The first-order chi connectivity index (χ1) is 13.9. The van der Waals surface area contributed by atoms with Crippen LogP contribution in [0.15, 0.2) is 48.5 Å². The molecule has 6 heteroatoms. The van der Waals surface area contributed by atoms with Crippen molar-refractivity contribution >= 4 is 23.4 Å². The van der Waals surface area contributed by atoms with Gasteiger partial charge in [0.1, 0.15) is 11.8 Å². The van der Waals surface area contributed by atoms with Crippen LogP contribution >= 0.6 is 11.6 Å². The van der Waals surface area contributed by atoms with Crippen LogP contribution in [0.4, 0.5) is 0 Å². The summed E-state index contributed by atoms with van der Waals surface area (Å²) in [5.74, 6) is 0.505. The minimum atomic E-state index is -0.542. The molecule has 0 spiro atoms. The maximum Gasteiger partial charge on any atom is 0.242 e. The molecule has 2 aromatic carbocycles. The van der Waals surface area contributed by atoms with E-state index in [2.05, 4.69) is 5.32 Å². The number of rotatable bonds is 10. The number of hydrogen-bond donors (Lipinski definition) is 1. The summed E-state index contributed by atoms with van der Waals surface area (Å²) in [6.07, 6.45) is 0.872. The molecule has 2 rings (SSSR count). The van der Waals surface area contributed by atoms with E-state index in [0.717, 1.165) is 11.1 Å². The third-order valence-electron chi connectivity index (χ3n) is 4.57. The molecule has 0 aliphatic carbocycles. The van der Waals surface area contributed by atoms with Gasteiger partial charge in [0.2, 0.25) is 11.8 Å². The first kappa shape index (κ1) is 22.8. The molecule has 0 bridgehead atoms. The van der Waals surface area contributed by atoms with Gasteiger partial charge in [0.25, 0.3) is 0 Å². The topological polar surface area (TPSA) is 58.6 Å². The predicted molar refractivity (Wildman–Crippen MR) is 116 cm³/mol. The van der Waals surface area contributed by atoms with Gasteiger partial charge in [0.05, 0.1) is 6.61 Å². The maximum absolute atomic E-state index is 12.9. The zero-order chi connectivity index (χ0) is 21.2. The van der Waals surface area contributed by atoms with E-state index in [9.17, 15) is 9.59 Å². The number of amides is 2. The van der Waals surface area contributed by atoms with Crippen LogP contribution in [0.3, 0.4) is 0 Å². The Morgan fingerprint density at radius 2 is 1.90 bits per heavy atom. The highest BCUT2D eigenvalue weighted by Crippen LogP contribution is 2.17. The molecule has 0 saturated carbocycles. The average Bonchev–Trinajstić information content (AvgIpc) is 2.70. The van der Waals surface area contributed by atoms with Crippen molar-refractivity contribution in [3.8, 4) is 5.75 Å². The minimum absolute atomic E-state index is 0.0648. The fourth-order valence-corrected chi connectivity index (χ4v) is 3.13. The molecule has 0 radical (unpaired) electrons. The quantitative estimate of drug-likeness (QED) is 0.585. The number of nitrogens with one attached hydrogen (secondary N) is 1. The zero-order valence-electron chi connectivity index (χ0n) is 17.3. The van der Waals surface area contributed by atoms with Gasteiger partial charge in [-0.15, -0.1) is 0 Å². The van der Waals surface area contributed by atoms with E-state index in [1.807, 2.05) is 38.1 Å². The van der Waals surface area contributed by atoms with Crippen LogP contribution in [-0.2, 0) is 16.1 Å². The number of halogens is 1. The lowest BCUT2D eigenvalue weighted by molar-refractivity contribution is -0.140. The number of carbonyl (C=O) groups excluding carboxylic acids is 2. The molecule has 0 saturated heterocycles. The largest absolute Gasteiger partial charge is 0.494 e. The van der Waals surface area contributed by atoms with Crippen LogP contribution < -0.4 is 10.1 Å². The van der Waals surface area contributed by atoms with Crippen molar-refractivity contribution in [1.29, 1.82) is 0 Å². The Balaban J connectivity index is 1.97. The summed E-state index contributed by atoms with van der Waals surface area (Å²) >= 11 is 5.86. The van der Waals surface area contributed by atoms with Gasteiger partial charge in [0.15, 0.2) is 0 Å². The van der Waals surface area contributed by atoms with Crippen molar-refractivity contribution in [1.82, 2.24) is 10.2 Å². The second-order valence-corrected chi connectivity index (χ2v) is 7.42. The molecule has 156 valence electrons. The third-order valence-corrected chi connectivity index (χ3v) is 4.82. The summed E-state index contributed by atoms with van der Waals surface area (Å²) in [5.41, 5.74) is 2.13. The summed E-state index contributed by atoms with van der Waals surface area (Å²) in [5, 5.41) is 3.45. The van der Waals surface area contributed by atoms with Crippen LogP contribution in [0.2, 0.25) is 5.02 Å². The zero-order valence-corrected chi connectivity index (χ0v) is 18.0. The molecule has 0 heterocycles. The fraction of sp³-hybridized carbons (Fsp3) is 0.391. The van der Waals surface area contributed by atoms with Crippen molar-refractivity contribution in [2.24, 2.45) is 0 Å². The number of carbonyl (C=O) groups is 2. The molecule has 2 amide bonds. The highest BCUT2D eigenvalue weighted by molar-refractivity contribution is 6.30. The molecule has 29 heavy (non-hydrogen) atoms. The summed E-state index contributed by atoms with van der Waals surface area (Å²) in [4.78, 5) is 26.9. The van der Waals surface area contributed by atoms with Crippen molar-refractivity contribution in [2.45, 2.75) is 46.2 Å². The molecule has 1 N–H and O–H groups in total. The van der Waals surface area contributed by atoms with Gasteiger partial charge >= 0.3 is 0 Å². The summed E-state index contributed by atoms with van der Waals surface area (Å²) in [7, 11) is 0. The lowest BCUT2D eigenvalue weighted by Gasteiger charge is -2.29. The monoisotopic (exact) mass is 416 g/mol. The maximum atomic E-state index is 12.9. The summed E-state index contributed by atoms with van der Waals surface area (Å²) in [6, 6.07) is 14.6. The molecular formula is C23H29ClN2O3. The van der Waals surface area contributed by atoms with Gasteiger partial charge in [-0.05, 0) is 57.0 Å². The van der Waals surface area contributed by atoms with E-state index in [0.29, 0.717) is 43.3 Å². The van der Waals surface area contributed by atoms with E-state index >= 15 is 0 Å². The van der Waals surface area contributed by atoms with E-state index in [4.69, 9.17) is 16.3 Å². The number of ether oxygens (including phenoxy) is 1. The van der Waals surface area contributed by atoms with Crippen LogP contribution in [0.25, 0.3) is 0 Å². The molecule has 0 unspecified atom stereocenters. The first-order valence-electron chi connectivity index (χ1n) is 9.91. The fourth-order valence-electron chi connectivity index (χ4n) is 3.00. The van der Waals surface area contributed by atoms with Crippen LogP contribution in [0.1, 0.15) is 37.8 Å². The van der Waals surface area contributed by atoms with Crippen LogP contribution in [0, 0.1) is 6.92 Å². The van der Waals surface area contributed by atoms with Crippen molar-refractivity contribution in [2.75, 3.05) is 13.2 Å². The van der Waals surface area contributed by atoms with Crippen molar-refractivity contribution in [3.63, 3.8) is 0 Å². The lowest BCUT2D eigenvalue weighted by atomic mass is 10.1. The lowest BCUT2D eigenvalue weighted by Crippen LogP contribution is -2.47. The van der Waals surface area contributed by atoms with E-state index in [-0.39, 0.29) is 11.8 Å². The standard InChI is InChI=1S/C23H29ClN2O3/c1-4-25-23(28)18(3)26(16-19-8-5-7-17(2)15-19)22(27)9-6-14-29-21-12-10-20(24)11-13-21/h5,7-8,10-13,15,18H,4,6,9,14,16H2,1-3H3,(H,25,28)/t18-/m0/s1. The Morgan fingerprint density at radius 1 is 1.17 bits per heavy atom. The molecule has 0 fully saturated rings. The summed E-state index contributed by atoms with van der Waals surface area (Å²) in [6.45, 7) is 6.99. The molecule has 0 aliphatic rings. The smallest absolute Gasteiger partial charge is 0.242 e.